The van der Waals surface area contributed by atoms with Gasteiger partial charge in [-0.2, -0.15) is 0 Å². The van der Waals surface area contributed by atoms with Gasteiger partial charge in [0.2, 0.25) is 0 Å². The summed E-state index contributed by atoms with van der Waals surface area (Å²) < 4.78 is 43.6. The Hall–Kier alpha value is -3.68. The number of para-hydroxylation sites is 1. The van der Waals surface area contributed by atoms with E-state index in [0.717, 1.165) is 39.6 Å². The number of halogens is 3. The van der Waals surface area contributed by atoms with Gasteiger partial charge in [0.05, 0.1) is 29.6 Å². The molecule has 0 aliphatic carbocycles. The molecule has 0 N–H and O–H groups in total. The van der Waals surface area contributed by atoms with Crippen molar-refractivity contribution < 1.29 is 13.2 Å². The average molecular weight is 393 g/mol. The molecule has 0 amide bonds. The molecule has 0 saturated heterocycles. The third-order valence-corrected chi connectivity index (χ3v) is 4.96. The van der Waals surface area contributed by atoms with Crippen molar-refractivity contribution in [2.75, 3.05) is 0 Å². The normalized spacial score (nSPS) is 11.6. The van der Waals surface area contributed by atoms with Gasteiger partial charge in [0, 0.05) is 34.6 Å². The van der Waals surface area contributed by atoms with Crippen LogP contribution in [-0.2, 0) is 6.54 Å². The predicted octanol–water partition coefficient (Wildman–Crippen LogP) is 4.54. The minimum absolute atomic E-state index is 0.0558. The summed E-state index contributed by atoms with van der Waals surface area (Å²) in [6.45, 7) is 2.33. The molecule has 0 saturated carbocycles. The van der Waals surface area contributed by atoms with Crippen molar-refractivity contribution in [1.82, 2.24) is 24.5 Å². The first-order valence-electron chi connectivity index (χ1n) is 8.91. The highest BCUT2D eigenvalue weighted by molar-refractivity contribution is 6.08. The van der Waals surface area contributed by atoms with Crippen LogP contribution in [0, 0.1) is 24.4 Å². The lowest BCUT2D eigenvalue weighted by molar-refractivity contribution is 0.446. The van der Waals surface area contributed by atoms with Gasteiger partial charge in [-0.15, -0.1) is 5.10 Å². The highest BCUT2D eigenvalue weighted by Crippen LogP contribution is 2.30. The molecule has 8 heteroatoms. The van der Waals surface area contributed by atoms with E-state index in [0.29, 0.717) is 12.2 Å². The molecular weight excluding hydrogens is 379 g/mol. The molecule has 2 aromatic carbocycles. The minimum Gasteiger partial charge on any atom is -0.333 e. The molecule has 3 aromatic heterocycles. The Morgan fingerprint density at radius 2 is 1.72 bits per heavy atom. The van der Waals surface area contributed by atoms with E-state index in [4.69, 9.17) is 0 Å². The molecule has 144 valence electrons. The molecule has 0 unspecified atom stereocenters. The predicted molar refractivity (Wildman–Crippen MR) is 102 cm³/mol. The second-order valence-corrected chi connectivity index (χ2v) is 6.77. The first-order chi connectivity index (χ1) is 14.0. The Bertz CT molecular complexity index is 1360. The van der Waals surface area contributed by atoms with Crippen molar-refractivity contribution in [3.63, 3.8) is 0 Å². The Morgan fingerprint density at radius 1 is 0.966 bits per heavy atom. The van der Waals surface area contributed by atoms with Crippen LogP contribution in [0.2, 0.25) is 0 Å². The van der Waals surface area contributed by atoms with E-state index >= 15 is 0 Å². The molecule has 0 aliphatic heterocycles. The summed E-state index contributed by atoms with van der Waals surface area (Å²) >= 11 is 0. The molecule has 0 fully saturated rings. The molecule has 0 spiro atoms. The summed E-state index contributed by atoms with van der Waals surface area (Å²) in [5, 5.41) is 10.3. The minimum atomic E-state index is -1.51. The van der Waals surface area contributed by atoms with Gasteiger partial charge < -0.3 is 4.57 Å². The molecule has 0 aliphatic rings. The van der Waals surface area contributed by atoms with Crippen LogP contribution in [-0.4, -0.2) is 24.5 Å². The molecule has 0 atom stereocenters. The first kappa shape index (κ1) is 17.4. The van der Waals surface area contributed by atoms with Gasteiger partial charge in [-0.25, -0.2) is 17.9 Å². The van der Waals surface area contributed by atoms with Crippen molar-refractivity contribution in [2.45, 2.75) is 13.5 Å². The smallest absolute Gasteiger partial charge is 0.194 e. The summed E-state index contributed by atoms with van der Waals surface area (Å²) in [4.78, 5) is 4.40. The Labute approximate surface area is 163 Å². The number of hydrogen-bond donors (Lipinski definition) is 0. The zero-order chi connectivity index (χ0) is 20.1. The maximum Gasteiger partial charge on any atom is 0.194 e. The van der Waals surface area contributed by atoms with Crippen LogP contribution >= 0.6 is 0 Å². The van der Waals surface area contributed by atoms with Gasteiger partial charge in [0.15, 0.2) is 17.5 Å². The second-order valence-electron chi connectivity index (χ2n) is 6.77. The van der Waals surface area contributed by atoms with Crippen LogP contribution in [0.3, 0.4) is 0 Å². The van der Waals surface area contributed by atoms with Crippen LogP contribution in [0.15, 0.2) is 54.9 Å². The van der Waals surface area contributed by atoms with Crippen molar-refractivity contribution >= 4 is 21.8 Å². The summed E-state index contributed by atoms with van der Waals surface area (Å²) in [5.41, 5.74) is 3.53. The zero-order valence-electron chi connectivity index (χ0n) is 15.3. The van der Waals surface area contributed by atoms with E-state index in [1.54, 1.807) is 12.4 Å². The number of aromatic nitrogens is 5. The molecular formula is C21H14F3N5. The van der Waals surface area contributed by atoms with Gasteiger partial charge in [-0.3, -0.25) is 4.98 Å². The number of rotatable bonds is 3. The largest absolute Gasteiger partial charge is 0.333 e. The zero-order valence-corrected chi connectivity index (χ0v) is 15.3. The van der Waals surface area contributed by atoms with Crippen LogP contribution in [0.5, 0.6) is 0 Å². The molecule has 5 nitrogen and oxygen atoms in total. The lowest BCUT2D eigenvalue weighted by Gasteiger charge is -2.06. The summed E-state index contributed by atoms with van der Waals surface area (Å²) in [7, 11) is 0. The number of aryl methyl sites for hydroxylation is 1. The van der Waals surface area contributed by atoms with Crippen LogP contribution in [0.25, 0.3) is 27.5 Å². The third kappa shape index (κ3) is 2.75. The molecule has 5 rings (SSSR count). The van der Waals surface area contributed by atoms with E-state index in [-0.39, 0.29) is 5.69 Å². The van der Waals surface area contributed by atoms with Crippen molar-refractivity contribution in [3.05, 3.63) is 83.7 Å². The van der Waals surface area contributed by atoms with Crippen molar-refractivity contribution in [2.24, 2.45) is 0 Å². The maximum absolute atomic E-state index is 13.5. The number of hydrogen-bond acceptors (Lipinski definition) is 3. The fraction of sp³-hybridized carbons (Fsp3) is 0.0952. The fourth-order valence-corrected chi connectivity index (χ4v) is 3.67. The highest BCUT2D eigenvalue weighted by atomic mass is 19.2. The monoisotopic (exact) mass is 393 g/mol. The lowest BCUT2D eigenvalue weighted by Crippen LogP contribution is -2.01. The molecule has 5 aromatic rings. The van der Waals surface area contributed by atoms with Crippen LogP contribution in [0.1, 0.15) is 11.4 Å². The third-order valence-electron chi connectivity index (χ3n) is 4.96. The number of nitrogens with zero attached hydrogens (tertiary/aromatic N) is 5. The number of pyridine rings is 1. The van der Waals surface area contributed by atoms with Gasteiger partial charge in [-0.1, -0.05) is 23.4 Å². The lowest BCUT2D eigenvalue weighted by atomic mass is 10.2. The molecule has 0 bridgehead atoms. The van der Waals surface area contributed by atoms with E-state index in [2.05, 4.69) is 25.9 Å². The van der Waals surface area contributed by atoms with Gasteiger partial charge >= 0.3 is 0 Å². The summed E-state index contributed by atoms with van der Waals surface area (Å²) in [5.74, 6) is -4.07. The standard InChI is InChI=1S/C21H14F3N5/c1-12-21-16(6-7-25-12)15-4-2-3-5-19(15)28(21)10-13-11-29(27-26-13)14-8-17(22)20(24)18(23)9-14/h2-9,11H,10H2,1H3. The Kier molecular flexibility index (Phi) is 3.87. The van der Waals surface area contributed by atoms with E-state index < -0.39 is 17.5 Å². The topological polar surface area (TPSA) is 48.5 Å². The average Bonchev–Trinajstić information content (AvgIpc) is 3.31. The Morgan fingerprint density at radius 3 is 2.52 bits per heavy atom. The maximum atomic E-state index is 13.5. The first-order valence-corrected chi connectivity index (χ1v) is 8.91. The molecule has 29 heavy (non-hydrogen) atoms. The highest BCUT2D eigenvalue weighted by Gasteiger charge is 2.16. The van der Waals surface area contributed by atoms with Crippen molar-refractivity contribution in [1.29, 1.82) is 0 Å². The van der Waals surface area contributed by atoms with E-state index in [1.165, 1.54) is 4.68 Å². The van der Waals surface area contributed by atoms with Crippen LogP contribution < -0.4 is 0 Å². The van der Waals surface area contributed by atoms with Crippen LogP contribution in [0.4, 0.5) is 13.2 Å². The van der Waals surface area contributed by atoms with E-state index in [9.17, 15) is 13.2 Å². The van der Waals surface area contributed by atoms with Gasteiger partial charge in [0.25, 0.3) is 0 Å². The van der Waals surface area contributed by atoms with E-state index in [1.807, 2.05) is 31.2 Å². The van der Waals surface area contributed by atoms with Gasteiger partial charge in [0.1, 0.15) is 5.69 Å². The quantitative estimate of drug-likeness (QED) is 0.423. The molecule has 0 radical (unpaired) electrons. The van der Waals surface area contributed by atoms with Gasteiger partial charge in [-0.05, 0) is 19.1 Å². The molecule has 3 heterocycles. The van der Waals surface area contributed by atoms with Crippen molar-refractivity contribution in [3.8, 4) is 5.69 Å². The summed E-state index contributed by atoms with van der Waals surface area (Å²) in [6, 6.07) is 11.7. The SMILES string of the molecule is Cc1nccc2c3ccccc3n(Cc3cn(-c4cc(F)c(F)c(F)c4)nn3)c12. The fourth-order valence-electron chi connectivity index (χ4n) is 3.67. The second kappa shape index (κ2) is 6.44. The number of benzene rings is 2. The number of fused-ring (bicyclic) bond motifs is 3. The Balaban J connectivity index is 1.61. The summed E-state index contributed by atoms with van der Waals surface area (Å²) in [6.07, 6.45) is 3.35.